The van der Waals surface area contributed by atoms with Gasteiger partial charge < -0.3 is 9.32 Å². The maximum absolute atomic E-state index is 6.44. The number of nitrogens with zero attached hydrogens (tertiary/aromatic N) is 1. The molecule has 11 rings (SSSR count). The summed E-state index contributed by atoms with van der Waals surface area (Å²) < 4.78 is 6.44. The number of anilines is 3. The number of hydrogen-bond acceptors (Lipinski definition) is 2. The Labute approximate surface area is 322 Å². The first-order valence-electron chi connectivity index (χ1n) is 19.3. The lowest BCUT2D eigenvalue weighted by molar-refractivity contribution is 0.660. The van der Waals surface area contributed by atoms with E-state index in [9.17, 15) is 0 Å². The normalized spacial score (nSPS) is 14.4. The van der Waals surface area contributed by atoms with E-state index in [0.717, 1.165) is 50.1 Å². The van der Waals surface area contributed by atoms with Gasteiger partial charge in [-0.25, -0.2) is 0 Å². The van der Waals surface area contributed by atoms with Crippen LogP contribution >= 0.6 is 0 Å². The van der Waals surface area contributed by atoms with Gasteiger partial charge in [0.2, 0.25) is 0 Å². The zero-order valence-corrected chi connectivity index (χ0v) is 31.2. The van der Waals surface area contributed by atoms with Crippen LogP contribution in [0.2, 0.25) is 0 Å². The Kier molecular flexibility index (Phi) is 6.76. The summed E-state index contributed by atoms with van der Waals surface area (Å²) in [5, 5.41) is 2.28. The Hall–Kier alpha value is -6.64. The lowest BCUT2D eigenvalue weighted by Crippen LogP contribution is -2.22. The van der Waals surface area contributed by atoms with Gasteiger partial charge in [-0.3, -0.25) is 0 Å². The largest absolute Gasteiger partial charge is 0.455 e. The van der Waals surface area contributed by atoms with Crippen LogP contribution in [0.3, 0.4) is 0 Å². The summed E-state index contributed by atoms with van der Waals surface area (Å²) in [7, 11) is 0. The molecule has 0 amide bonds. The lowest BCUT2D eigenvalue weighted by Gasteiger charge is -2.31. The number of para-hydroxylation sites is 2. The van der Waals surface area contributed by atoms with Gasteiger partial charge in [0.1, 0.15) is 11.2 Å². The highest BCUT2D eigenvalue weighted by Gasteiger charge is 2.40. The van der Waals surface area contributed by atoms with E-state index in [1.54, 1.807) is 0 Å². The zero-order valence-electron chi connectivity index (χ0n) is 31.2. The van der Waals surface area contributed by atoms with Gasteiger partial charge in [-0.15, -0.1) is 0 Å². The van der Waals surface area contributed by atoms with Crippen LogP contribution < -0.4 is 4.90 Å². The fourth-order valence-electron chi connectivity index (χ4n) is 9.75. The molecule has 0 aliphatic heterocycles. The Morgan fingerprint density at radius 1 is 0.400 bits per heavy atom. The Balaban J connectivity index is 1.04. The van der Waals surface area contributed by atoms with Crippen LogP contribution in [-0.2, 0) is 10.8 Å². The Morgan fingerprint density at radius 2 is 0.909 bits per heavy atom. The summed E-state index contributed by atoms with van der Waals surface area (Å²) in [6, 6.07) is 66.7. The highest BCUT2D eigenvalue weighted by Crippen LogP contribution is 2.53. The molecule has 2 heteroatoms. The number of benzene rings is 8. The molecule has 0 spiro atoms. The molecular weight excluding hydrogens is 667 g/mol. The topological polar surface area (TPSA) is 16.4 Å². The number of fused-ring (bicyclic) bond motifs is 9. The summed E-state index contributed by atoms with van der Waals surface area (Å²) in [5.74, 6) is 0. The highest BCUT2D eigenvalue weighted by molar-refractivity contribution is 6.09. The molecule has 2 aliphatic rings. The van der Waals surface area contributed by atoms with Gasteiger partial charge in [-0.05, 0) is 105 Å². The van der Waals surface area contributed by atoms with E-state index in [2.05, 4.69) is 196 Å². The van der Waals surface area contributed by atoms with Crippen molar-refractivity contribution in [2.24, 2.45) is 0 Å². The van der Waals surface area contributed by atoms with E-state index < -0.39 is 0 Å². The van der Waals surface area contributed by atoms with Crippen molar-refractivity contribution in [2.45, 2.75) is 31.6 Å². The first kappa shape index (κ1) is 31.8. The molecule has 0 radical (unpaired) electrons. The minimum absolute atomic E-state index is 0.107. The van der Waals surface area contributed by atoms with E-state index in [1.165, 1.54) is 50.1 Å². The van der Waals surface area contributed by atoms with Crippen molar-refractivity contribution in [3.63, 3.8) is 0 Å². The molecule has 1 heterocycles. The van der Waals surface area contributed by atoms with Crippen molar-refractivity contribution >= 4 is 39.0 Å². The van der Waals surface area contributed by atoms with E-state index in [4.69, 9.17) is 4.42 Å². The third kappa shape index (κ3) is 4.55. The molecule has 0 N–H and O–H groups in total. The van der Waals surface area contributed by atoms with Gasteiger partial charge in [0.15, 0.2) is 0 Å². The number of furan rings is 1. The molecule has 0 bridgehead atoms. The average molecular weight is 706 g/mol. The molecule has 2 aliphatic carbocycles. The molecule has 9 aromatic rings. The van der Waals surface area contributed by atoms with E-state index in [1.807, 2.05) is 12.1 Å². The van der Waals surface area contributed by atoms with Gasteiger partial charge in [0, 0.05) is 44.2 Å². The summed E-state index contributed by atoms with van der Waals surface area (Å²) in [4.78, 5) is 2.41. The molecule has 8 aromatic carbocycles. The molecule has 0 atom stereocenters. The molecule has 0 fully saturated rings. The molecule has 262 valence electrons. The first-order valence-corrected chi connectivity index (χ1v) is 19.3. The smallest absolute Gasteiger partial charge is 0.143 e. The quantitative estimate of drug-likeness (QED) is 0.177. The van der Waals surface area contributed by atoms with Crippen molar-refractivity contribution in [3.8, 4) is 33.4 Å². The van der Waals surface area contributed by atoms with Crippen LogP contribution in [0.15, 0.2) is 186 Å². The maximum atomic E-state index is 6.44. The first-order chi connectivity index (χ1) is 26.9. The standard InChI is InChI=1S/C53H39NO/c1-52(2)46-19-8-4-13-40(46)43-32-31-38(33-49(43)52)54(36-27-23-34(24-28-36)39-17-12-18-45-44-16-7-11-22-50(44)55-51(39)45)37-29-25-35(26-30-37)53(3)47-20-9-5-14-41(47)42-15-6-10-21-48(42)53/h4-33H,1-3H3. The van der Waals surface area contributed by atoms with Gasteiger partial charge >= 0.3 is 0 Å². The maximum Gasteiger partial charge on any atom is 0.143 e. The van der Waals surface area contributed by atoms with Crippen LogP contribution in [0.5, 0.6) is 0 Å². The van der Waals surface area contributed by atoms with Crippen molar-refractivity contribution in [3.05, 3.63) is 210 Å². The fourth-order valence-corrected chi connectivity index (χ4v) is 9.75. The minimum atomic E-state index is -0.251. The molecule has 1 aromatic heterocycles. The fraction of sp³-hybridized carbons (Fsp3) is 0.0943. The zero-order chi connectivity index (χ0) is 36.9. The monoisotopic (exact) mass is 705 g/mol. The third-order valence-electron chi connectivity index (χ3n) is 12.6. The number of hydrogen-bond donors (Lipinski definition) is 0. The van der Waals surface area contributed by atoms with Gasteiger partial charge in [0.25, 0.3) is 0 Å². The molecule has 0 saturated heterocycles. The molecule has 0 saturated carbocycles. The van der Waals surface area contributed by atoms with E-state index >= 15 is 0 Å². The summed E-state index contributed by atoms with van der Waals surface area (Å²) in [5.41, 5.74) is 19.1. The summed E-state index contributed by atoms with van der Waals surface area (Å²) in [6.07, 6.45) is 0. The molecule has 55 heavy (non-hydrogen) atoms. The SMILES string of the molecule is CC1(C)c2ccccc2-c2ccc(N(c3ccc(-c4cccc5c4oc4ccccc45)cc3)c3ccc(C4(C)c5ccccc5-c5ccccc54)cc3)cc21. The molecular formula is C53H39NO. The predicted octanol–water partition coefficient (Wildman–Crippen LogP) is 14.4. The second-order valence-electron chi connectivity index (χ2n) is 15.8. The van der Waals surface area contributed by atoms with Crippen molar-refractivity contribution in [1.29, 1.82) is 0 Å². The molecule has 2 nitrogen and oxygen atoms in total. The number of rotatable bonds is 5. The van der Waals surface area contributed by atoms with Crippen molar-refractivity contribution < 1.29 is 4.42 Å². The molecule has 0 unspecified atom stereocenters. The Morgan fingerprint density at radius 3 is 1.60 bits per heavy atom. The van der Waals surface area contributed by atoms with E-state index in [-0.39, 0.29) is 10.8 Å². The third-order valence-corrected chi connectivity index (χ3v) is 12.6. The van der Waals surface area contributed by atoms with Crippen LogP contribution in [0, 0.1) is 0 Å². The van der Waals surface area contributed by atoms with E-state index in [0.29, 0.717) is 0 Å². The van der Waals surface area contributed by atoms with Crippen LogP contribution in [0.25, 0.3) is 55.3 Å². The van der Waals surface area contributed by atoms with Crippen LogP contribution in [0.1, 0.15) is 48.6 Å². The van der Waals surface area contributed by atoms with Crippen molar-refractivity contribution in [2.75, 3.05) is 4.90 Å². The lowest BCUT2D eigenvalue weighted by atomic mass is 9.74. The van der Waals surface area contributed by atoms with Crippen molar-refractivity contribution in [1.82, 2.24) is 0 Å². The van der Waals surface area contributed by atoms with Crippen LogP contribution in [-0.4, -0.2) is 0 Å². The average Bonchev–Trinajstić information content (AvgIpc) is 3.83. The van der Waals surface area contributed by atoms with Gasteiger partial charge in [0.05, 0.1) is 0 Å². The predicted molar refractivity (Wildman–Crippen MR) is 229 cm³/mol. The minimum Gasteiger partial charge on any atom is -0.455 e. The highest BCUT2D eigenvalue weighted by atomic mass is 16.3. The summed E-state index contributed by atoms with van der Waals surface area (Å²) >= 11 is 0. The second-order valence-corrected chi connectivity index (χ2v) is 15.8. The second kappa shape index (κ2) is 11.7. The van der Waals surface area contributed by atoms with Gasteiger partial charge in [-0.2, -0.15) is 0 Å². The van der Waals surface area contributed by atoms with Gasteiger partial charge in [-0.1, -0.05) is 153 Å². The summed E-state index contributed by atoms with van der Waals surface area (Å²) in [6.45, 7) is 7.09. The van der Waals surface area contributed by atoms with Crippen LogP contribution in [0.4, 0.5) is 17.1 Å². The Bertz CT molecular complexity index is 2920.